The standard InChI is InChI=1S/C16H14O2.CH3.Re.Y/c1-10-8-12(3)15(17)14(9-10)16(18)13-7-5-4-6-11(13)2;;;/h5-7,9,17H,1-3H3;1H3;;/q-2;-1;;. The number of ketones is 1. The minimum atomic E-state index is -0.167. The Labute approximate surface area is 165 Å². The van der Waals surface area contributed by atoms with Gasteiger partial charge in [0.1, 0.15) is 5.78 Å². The molecule has 0 aliphatic carbocycles. The molecule has 0 aliphatic rings. The van der Waals surface area contributed by atoms with Gasteiger partial charge in [-0.3, -0.25) is 4.79 Å². The summed E-state index contributed by atoms with van der Waals surface area (Å²) in [5.74, 6) is -0.156. The summed E-state index contributed by atoms with van der Waals surface area (Å²) in [7, 11) is 0. The Kier molecular flexibility index (Phi) is 10.5. The van der Waals surface area contributed by atoms with Crippen LogP contribution in [0.3, 0.4) is 0 Å². The fraction of sp³-hybridized carbons (Fsp3) is 0.176. The molecule has 1 N–H and O–H groups in total. The number of hydrogen-bond donors (Lipinski definition) is 1. The predicted octanol–water partition coefficient (Wildman–Crippen LogP) is 3.59. The van der Waals surface area contributed by atoms with Gasteiger partial charge >= 0.3 is 0 Å². The summed E-state index contributed by atoms with van der Waals surface area (Å²) in [6.07, 6.45) is 0. The van der Waals surface area contributed by atoms with Crippen LogP contribution in [-0.4, -0.2) is 10.9 Å². The Morgan fingerprint density at radius 1 is 1.19 bits per heavy atom. The maximum absolute atomic E-state index is 12.4. The quantitative estimate of drug-likeness (QED) is 0.478. The topological polar surface area (TPSA) is 37.3 Å². The summed E-state index contributed by atoms with van der Waals surface area (Å²) in [5, 5.41) is 9.98. The van der Waals surface area contributed by atoms with Crippen LogP contribution in [0.15, 0.2) is 24.3 Å². The summed E-state index contributed by atoms with van der Waals surface area (Å²) in [6.45, 7) is 5.45. The molecule has 0 bridgehead atoms. The van der Waals surface area contributed by atoms with Crippen molar-refractivity contribution in [3.8, 4) is 5.75 Å². The molecule has 2 aromatic carbocycles. The minimum absolute atomic E-state index is 0. The van der Waals surface area contributed by atoms with Gasteiger partial charge in [0.15, 0.2) is 0 Å². The molecule has 2 aromatic rings. The van der Waals surface area contributed by atoms with Crippen LogP contribution in [0.2, 0.25) is 0 Å². The SMILES string of the molecule is Cc1[c-]c(C)c(O)c(C(=O)c2cc[c-]cc2C)c1.[CH3-].[Re].[Y]. The summed E-state index contributed by atoms with van der Waals surface area (Å²) in [5.41, 5.74) is 3.21. The summed E-state index contributed by atoms with van der Waals surface area (Å²) >= 11 is 0. The molecule has 110 valence electrons. The maximum atomic E-state index is 12.4. The van der Waals surface area contributed by atoms with Crippen LogP contribution in [0.4, 0.5) is 0 Å². The van der Waals surface area contributed by atoms with Crippen LogP contribution in [0.5, 0.6) is 5.75 Å². The van der Waals surface area contributed by atoms with E-state index in [1.165, 1.54) is 0 Å². The molecule has 0 aromatic heterocycles. The van der Waals surface area contributed by atoms with Crippen molar-refractivity contribution in [3.05, 3.63) is 71.6 Å². The van der Waals surface area contributed by atoms with E-state index in [0.29, 0.717) is 16.7 Å². The van der Waals surface area contributed by atoms with Crippen molar-refractivity contribution in [1.29, 1.82) is 0 Å². The molecule has 2 nitrogen and oxygen atoms in total. The van der Waals surface area contributed by atoms with E-state index >= 15 is 0 Å². The van der Waals surface area contributed by atoms with Crippen LogP contribution in [0.25, 0.3) is 0 Å². The zero-order chi connectivity index (χ0) is 13.3. The predicted molar refractivity (Wildman–Crippen MR) is 76.3 cm³/mol. The van der Waals surface area contributed by atoms with Crippen molar-refractivity contribution in [2.75, 3.05) is 0 Å². The number of aryl methyl sites for hydroxylation is 3. The van der Waals surface area contributed by atoms with Crippen molar-refractivity contribution in [3.63, 3.8) is 0 Å². The van der Waals surface area contributed by atoms with Crippen molar-refractivity contribution in [2.45, 2.75) is 20.8 Å². The fourth-order valence-electron chi connectivity index (χ4n) is 1.96. The number of carbonyl (C=O) groups excluding carboxylic acids is 1. The molecule has 0 unspecified atom stereocenters. The molecule has 0 saturated heterocycles. The third-order valence-corrected chi connectivity index (χ3v) is 2.92. The Balaban J connectivity index is 0. The number of rotatable bonds is 2. The Hall–Kier alpha value is -0.324. The second kappa shape index (κ2) is 9.64. The minimum Gasteiger partial charge on any atom is -0.565 e. The molecule has 4 heteroatoms. The maximum Gasteiger partial charge on any atom is 0.148 e. The largest absolute Gasteiger partial charge is 0.565 e. The normalized spacial score (nSPS) is 8.90. The average Bonchev–Trinajstić information content (AvgIpc) is 2.33. The van der Waals surface area contributed by atoms with Crippen molar-refractivity contribution >= 4 is 5.78 Å². The number of phenols is 1. The van der Waals surface area contributed by atoms with E-state index < -0.39 is 0 Å². The molecular formula is C17H17O2ReY-3. The first-order valence-electron chi connectivity index (χ1n) is 5.74. The van der Waals surface area contributed by atoms with Gasteiger partial charge in [-0.25, -0.2) is 0 Å². The molecule has 0 aliphatic heterocycles. The van der Waals surface area contributed by atoms with Gasteiger partial charge in [0.25, 0.3) is 0 Å². The Morgan fingerprint density at radius 2 is 1.81 bits per heavy atom. The van der Waals surface area contributed by atoms with Gasteiger partial charge in [0, 0.05) is 58.9 Å². The van der Waals surface area contributed by atoms with Crippen LogP contribution in [-0.2, 0) is 53.1 Å². The van der Waals surface area contributed by atoms with Crippen LogP contribution in [0.1, 0.15) is 32.6 Å². The molecule has 0 saturated carbocycles. The molecule has 0 atom stereocenters. The molecule has 2 rings (SSSR count). The van der Waals surface area contributed by atoms with Gasteiger partial charge < -0.3 is 12.5 Å². The first-order valence-corrected chi connectivity index (χ1v) is 5.74. The van der Waals surface area contributed by atoms with E-state index in [1.807, 2.05) is 13.8 Å². The van der Waals surface area contributed by atoms with Crippen molar-refractivity contribution in [2.24, 2.45) is 0 Å². The summed E-state index contributed by atoms with van der Waals surface area (Å²) < 4.78 is 0. The van der Waals surface area contributed by atoms with E-state index in [2.05, 4.69) is 12.1 Å². The number of phenolic OH excluding ortho intramolecular Hbond substituents is 1. The molecule has 0 heterocycles. The van der Waals surface area contributed by atoms with E-state index in [0.717, 1.165) is 11.1 Å². The zero-order valence-electron chi connectivity index (χ0n) is 12.6. The number of carbonyl (C=O) groups is 1. The van der Waals surface area contributed by atoms with Gasteiger partial charge in [-0.1, -0.05) is 26.3 Å². The Bertz CT molecular complexity index is 624. The smallest absolute Gasteiger partial charge is 0.148 e. The number of hydrogen-bond acceptors (Lipinski definition) is 2. The third-order valence-electron chi connectivity index (χ3n) is 2.92. The summed E-state index contributed by atoms with van der Waals surface area (Å²) in [6, 6.07) is 12.8. The molecule has 0 amide bonds. The van der Waals surface area contributed by atoms with Crippen LogP contribution in [0, 0.1) is 40.3 Å². The van der Waals surface area contributed by atoms with Gasteiger partial charge in [-0.2, -0.15) is 42.0 Å². The zero-order valence-corrected chi connectivity index (χ0v) is 18.2. The monoisotopic (exact) mass is 529 g/mol. The molecule has 2 radical (unpaired) electrons. The van der Waals surface area contributed by atoms with E-state index in [9.17, 15) is 9.90 Å². The van der Waals surface area contributed by atoms with E-state index in [-0.39, 0.29) is 72.1 Å². The van der Waals surface area contributed by atoms with Crippen LogP contribution >= 0.6 is 0 Å². The first kappa shape index (κ1) is 22.9. The third kappa shape index (κ3) is 5.11. The second-order valence-electron chi connectivity index (χ2n) is 4.41. The van der Waals surface area contributed by atoms with Crippen LogP contribution < -0.4 is 0 Å². The molecule has 0 spiro atoms. The van der Waals surface area contributed by atoms with E-state index in [4.69, 9.17) is 0 Å². The fourth-order valence-corrected chi connectivity index (χ4v) is 1.96. The van der Waals surface area contributed by atoms with Gasteiger partial charge in [0.2, 0.25) is 0 Å². The average molecular weight is 528 g/mol. The van der Waals surface area contributed by atoms with Crippen molar-refractivity contribution in [1.82, 2.24) is 0 Å². The number of aromatic hydroxyl groups is 1. The van der Waals surface area contributed by atoms with E-state index in [1.54, 1.807) is 31.2 Å². The molecule has 0 fully saturated rings. The molecular weight excluding hydrogens is 511 g/mol. The van der Waals surface area contributed by atoms with Gasteiger partial charge in [-0.15, -0.1) is 11.1 Å². The van der Waals surface area contributed by atoms with Gasteiger partial charge in [0.05, 0.1) is 0 Å². The van der Waals surface area contributed by atoms with Crippen molar-refractivity contribution < 1.29 is 63.0 Å². The summed E-state index contributed by atoms with van der Waals surface area (Å²) in [4.78, 5) is 12.4. The first-order chi connectivity index (χ1) is 8.50. The number of benzene rings is 2. The molecule has 21 heavy (non-hydrogen) atoms. The van der Waals surface area contributed by atoms with Gasteiger partial charge in [-0.05, 0) is 5.56 Å². The second-order valence-corrected chi connectivity index (χ2v) is 4.41. The Morgan fingerprint density at radius 3 is 2.38 bits per heavy atom.